The number of fused-ring (bicyclic) bond motifs is 1. The Morgan fingerprint density at radius 2 is 1.60 bits per heavy atom. The molecule has 0 atom stereocenters. The smallest absolute Gasteiger partial charge is 0.135 e. The molecule has 2 heterocycles. The summed E-state index contributed by atoms with van der Waals surface area (Å²) < 4.78 is 11.4. The van der Waals surface area contributed by atoms with Crippen molar-refractivity contribution in [3.05, 3.63) is 95.1 Å². The van der Waals surface area contributed by atoms with Crippen molar-refractivity contribution in [2.45, 2.75) is 6.92 Å². The van der Waals surface area contributed by atoms with Gasteiger partial charge in [0.05, 0.1) is 6.26 Å². The molecule has 0 aliphatic rings. The molecule has 0 saturated carbocycles. The SMILES string of the molecule is Cc1ccc(/C=C/c2oc3ccccc3c2/C=C/c2ccco2)cc1. The van der Waals surface area contributed by atoms with Gasteiger partial charge in [-0.05, 0) is 48.9 Å². The highest BCUT2D eigenvalue weighted by atomic mass is 16.3. The average Bonchev–Trinajstić information content (AvgIpc) is 3.27. The van der Waals surface area contributed by atoms with Crippen molar-refractivity contribution < 1.29 is 8.83 Å². The Morgan fingerprint density at radius 1 is 0.760 bits per heavy atom. The Hall–Kier alpha value is -3.26. The molecule has 122 valence electrons. The molecule has 0 saturated heterocycles. The molecule has 25 heavy (non-hydrogen) atoms. The molecular weight excluding hydrogens is 308 g/mol. The molecule has 0 fully saturated rings. The second kappa shape index (κ2) is 6.70. The number of hydrogen-bond donors (Lipinski definition) is 0. The molecule has 4 rings (SSSR count). The summed E-state index contributed by atoms with van der Waals surface area (Å²) >= 11 is 0. The minimum atomic E-state index is 0.818. The van der Waals surface area contributed by atoms with Crippen molar-refractivity contribution >= 4 is 35.3 Å². The highest BCUT2D eigenvalue weighted by Crippen LogP contribution is 2.29. The molecule has 2 nitrogen and oxygen atoms in total. The predicted octanol–water partition coefficient (Wildman–Crippen LogP) is 6.68. The van der Waals surface area contributed by atoms with E-state index >= 15 is 0 Å². The fraction of sp³-hybridized carbons (Fsp3) is 0.0435. The van der Waals surface area contributed by atoms with Crippen LogP contribution in [0.1, 0.15) is 28.2 Å². The van der Waals surface area contributed by atoms with Gasteiger partial charge in [0.2, 0.25) is 0 Å². The van der Waals surface area contributed by atoms with Gasteiger partial charge in [-0.25, -0.2) is 0 Å². The number of aryl methyl sites for hydroxylation is 1. The van der Waals surface area contributed by atoms with E-state index in [0.717, 1.165) is 33.6 Å². The van der Waals surface area contributed by atoms with Crippen LogP contribution in [0.25, 0.3) is 35.3 Å². The van der Waals surface area contributed by atoms with Gasteiger partial charge in [-0.15, -0.1) is 0 Å². The zero-order chi connectivity index (χ0) is 17.1. The summed E-state index contributed by atoms with van der Waals surface area (Å²) in [6.45, 7) is 2.09. The first kappa shape index (κ1) is 15.3. The minimum Gasteiger partial charge on any atom is -0.465 e. The van der Waals surface area contributed by atoms with Crippen LogP contribution in [0.15, 0.2) is 75.8 Å². The van der Waals surface area contributed by atoms with Crippen molar-refractivity contribution in [3.8, 4) is 0 Å². The fourth-order valence-electron chi connectivity index (χ4n) is 2.78. The van der Waals surface area contributed by atoms with E-state index in [9.17, 15) is 0 Å². The number of hydrogen-bond acceptors (Lipinski definition) is 2. The zero-order valence-electron chi connectivity index (χ0n) is 14.0. The molecule has 0 aliphatic carbocycles. The maximum Gasteiger partial charge on any atom is 0.135 e. The largest absolute Gasteiger partial charge is 0.465 e. The van der Waals surface area contributed by atoms with E-state index in [1.165, 1.54) is 5.56 Å². The van der Waals surface area contributed by atoms with Crippen LogP contribution < -0.4 is 0 Å². The maximum atomic E-state index is 6.05. The summed E-state index contributed by atoms with van der Waals surface area (Å²) in [5.41, 5.74) is 4.33. The predicted molar refractivity (Wildman–Crippen MR) is 104 cm³/mol. The summed E-state index contributed by atoms with van der Waals surface area (Å²) in [6, 6.07) is 20.3. The van der Waals surface area contributed by atoms with E-state index < -0.39 is 0 Å². The summed E-state index contributed by atoms with van der Waals surface area (Å²) in [5, 5.41) is 1.09. The van der Waals surface area contributed by atoms with Gasteiger partial charge in [0.15, 0.2) is 0 Å². The second-order valence-corrected chi connectivity index (χ2v) is 5.97. The van der Waals surface area contributed by atoms with E-state index in [1.54, 1.807) is 6.26 Å². The van der Waals surface area contributed by atoms with Crippen molar-refractivity contribution in [1.82, 2.24) is 0 Å². The average molecular weight is 326 g/mol. The Kier molecular flexibility index (Phi) is 4.09. The lowest BCUT2D eigenvalue weighted by molar-refractivity contribution is 0.557. The first-order chi connectivity index (χ1) is 12.3. The Morgan fingerprint density at radius 3 is 2.40 bits per heavy atom. The third-order valence-corrected chi connectivity index (χ3v) is 4.12. The Balaban J connectivity index is 1.74. The van der Waals surface area contributed by atoms with Crippen LogP contribution in [-0.4, -0.2) is 0 Å². The molecule has 2 aromatic heterocycles. The Labute approximate surface area is 146 Å². The third kappa shape index (κ3) is 3.33. The standard InChI is InChI=1S/C23H18O2/c1-17-8-10-18(11-9-17)12-15-23-21(14-13-19-5-4-16-24-19)20-6-2-3-7-22(20)25-23/h2-16H,1H3/b14-13+,15-12+. The quantitative estimate of drug-likeness (QED) is 0.418. The number of benzene rings is 2. The van der Waals surface area contributed by atoms with Gasteiger partial charge in [0, 0.05) is 10.9 Å². The first-order valence-electron chi connectivity index (χ1n) is 8.27. The molecule has 0 N–H and O–H groups in total. The van der Waals surface area contributed by atoms with Gasteiger partial charge >= 0.3 is 0 Å². The second-order valence-electron chi connectivity index (χ2n) is 5.97. The molecule has 0 amide bonds. The molecule has 4 aromatic rings. The van der Waals surface area contributed by atoms with Crippen molar-refractivity contribution in [1.29, 1.82) is 0 Å². The molecule has 2 heteroatoms. The molecule has 0 spiro atoms. The molecule has 2 aromatic carbocycles. The van der Waals surface area contributed by atoms with E-state index in [0.29, 0.717) is 0 Å². The van der Waals surface area contributed by atoms with Crippen LogP contribution in [0.2, 0.25) is 0 Å². The number of rotatable bonds is 4. The molecule has 0 radical (unpaired) electrons. The van der Waals surface area contributed by atoms with Gasteiger partial charge in [-0.3, -0.25) is 0 Å². The van der Waals surface area contributed by atoms with E-state index in [4.69, 9.17) is 8.83 Å². The van der Waals surface area contributed by atoms with E-state index in [1.807, 2.05) is 48.6 Å². The third-order valence-electron chi connectivity index (χ3n) is 4.12. The van der Waals surface area contributed by atoms with Crippen LogP contribution in [-0.2, 0) is 0 Å². The van der Waals surface area contributed by atoms with Crippen LogP contribution >= 0.6 is 0 Å². The maximum absolute atomic E-state index is 6.05. The number of furan rings is 2. The van der Waals surface area contributed by atoms with Gasteiger partial charge in [0.1, 0.15) is 17.1 Å². The molecule has 0 unspecified atom stereocenters. The van der Waals surface area contributed by atoms with Gasteiger partial charge in [-0.2, -0.15) is 0 Å². The first-order valence-corrected chi connectivity index (χ1v) is 8.27. The van der Waals surface area contributed by atoms with Crippen LogP contribution in [0, 0.1) is 6.92 Å². The highest BCUT2D eigenvalue weighted by Gasteiger charge is 2.09. The topological polar surface area (TPSA) is 26.3 Å². The van der Waals surface area contributed by atoms with Gasteiger partial charge < -0.3 is 8.83 Å². The van der Waals surface area contributed by atoms with Crippen molar-refractivity contribution in [3.63, 3.8) is 0 Å². The number of para-hydroxylation sites is 1. The minimum absolute atomic E-state index is 0.818. The Bertz CT molecular complexity index is 1030. The normalized spacial score (nSPS) is 11.9. The van der Waals surface area contributed by atoms with Crippen LogP contribution in [0.5, 0.6) is 0 Å². The van der Waals surface area contributed by atoms with E-state index in [-0.39, 0.29) is 0 Å². The molecular formula is C23H18O2. The van der Waals surface area contributed by atoms with Crippen molar-refractivity contribution in [2.24, 2.45) is 0 Å². The van der Waals surface area contributed by atoms with E-state index in [2.05, 4.69) is 43.3 Å². The lowest BCUT2D eigenvalue weighted by Gasteiger charge is -1.95. The van der Waals surface area contributed by atoms with Gasteiger partial charge in [-0.1, -0.05) is 54.1 Å². The fourth-order valence-corrected chi connectivity index (χ4v) is 2.78. The summed E-state index contributed by atoms with van der Waals surface area (Å²) in [4.78, 5) is 0. The lowest BCUT2D eigenvalue weighted by Crippen LogP contribution is -1.76. The highest BCUT2D eigenvalue weighted by molar-refractivity contribution is 5.94. The van der Waals surface area contributed by atoms with Gasteiger partial charge in [0.25, 0.3) is 0 Å². The molecule has 0 aliphatic heterocycles. The monoisotopic (exact) mass is 326 g/mol. The summed E-state index contributed by atoms with van der Waals surface area (Å²) in [7, 11) is 0. The summed E-state index contributed by atoms with van der Waals surface area (Å²) in [5.74, 6) is 1.66. The lowest BCUT2D eigenvalue weighted by atomic mass is 10.1. The van der Waals surface area contributed by atoms with Crippen LogP contribution in [0.4, 0.5) is 0 Å². The van der Waals surface area contributed by atoms with Crippen molar-refractivity contribution in [2.75, 3.05) is 0 Å². The molecule has 0 bridgehead atoms. The van der Waals surface area contributed by atoms with Crippen LogP contribution in [0.3, 0.4) is 0 Å². The zero-order valence-corrected chi connectivity index (χ0v) is 14.0. The summed E-state index contributed by atoms with van der Waals surface area (Å²) in [6.07, 6.45) is 9.76.